The molecule has 3 rings (SSSR count). The first-order chi connectivity index (χ1) is 13.6. The predicted molar refractivity (Wildman–Crippen MR) is 109 cm³/mol. The first-order valence-corrected chi connectivity index (χ1v) is 10.8. The third-order valence-corrected chi connectivity index (χ3v) is 6.33. The smallest absolute Gasteiger partial charge is 0.409 e. The van der Waals surface area contributed by atoms with Gasteiger partial charge in [-0.15, -0.1) is 11.8 Å². The normalized spacial score (nSPS) is 19.5. The Morgan fingerprint density at radius 1 is 1.18 bits per heavy atom. The van der Waals surface area contributed by atoms with E-state index in [1.807, 2.05) is 24.3 Å². The molecule has 2 heterocycles. The van der Waals surface area contributed by atoms with Crippen molar-refractivity contribution in [1.29, 1.82) is 0 Å². The molecule has 0 bridgehead atoms. The molecule has 0 spiro atoms. The number of ether oxygens (including phenoxy) is 1. The minimum absolute atomic E-state index is 0.0189. The molecule has 1 fully saturated rings. The second kappa shape index (κ2) is 9.82. The van der Waals surface area contributed by atoms with Crippen LogP contribution in [0, 0.1) is 0 Å². The van der Waals surface area contributed by atoms with Gasteiger partial charge in [0.2, 0.25) is 11.8 Å². The Morgan fingerprint density at radius 3 is 2.64 bits per heavy atom. The van der Waals surface area contributed by atoms with Crippen molar-refractivity contribution in [1.82, 2.24) is 9.80 Å². The minimum atomic E-state index is -0.314. The summed E-state index contributed by atoms with van der Waals surface area (Å²) in [5, 5.41) is 2.86. The van der Waals surface area contributed by atoms with Crippen LogP contribution in [0.3, 0.4) is 0 Å². The Kier molecular flexibility index (Phi) is 7.19. The van der Waals surface area contributed by atoms with Crippen LogP contribution in [-0.2, 0) is 20.7 Å². The lowest BCUT2D eigenvalue weighted by molar-refractivity contribution is -0.132. The number of rotatable bonds is 5. The van der Waals surface area contributed by atoms with Crippen molar-refractivity contribution in [2.75, 3.05) is 43.9 Å². The number of carbonyl (C=O) groups excluding carboxylic acids is 3. The highest BCUT2D eigenvalue weighted by molar-refractivity contribution is 8.00. The zero-order valence-corrected chi connectivity index (χ0v) is 17.0. The quantitative estimate of drug-likeness (QED) is 0.814. The molecule has 0 unspecified atom stereocenters. The molecule has 7 nitrogen and oxygen atoms in total. The van der Waals surface area contributed by atoms with Crippen molar-refractivity contribution in [2.45, 2.75) is 31.4 Å². The molecule has 152 valence electrons. The molecule has 1 atom stereocenters. The van der Waals surface area contributed by atoms with Gasteiger partial charge in [-0.05, 0) is 31.4 Å². The molecule has 2 aliphatic heterocycles. The number of nitrogens with one attached hydrogen (secondary N) is 1. The number of amides is 3. The van der Waals surface area contributed by atoms with Gasteiger partial charge in [-0.1, -0.05) is 18.2 Å². The van der Waals surface area contributed by atoms with E-state index in [1.54, 1.807) is 28.5 Å². The number of para-hydroxylation sites is 1. The summed E-state index contributed by atoms with van der Waals surface area (Å²) in [6.07, 6.45) is 1.72. The zero-order chi connectivity index (χ0) is 19.9. The van der Waals surface area contributed by atoms with Crippen LogP contribution in [0.5, 0.6) is 0 Å². The highest BCUT2D eigenvalue weighted by Crippen LogP contribution is 2.27. The van der Waals surface area contributed by atoms with Crippen LogP contribution in [0.1, 0.15) is 25.3 Å². The van der Waals surface area contributed by atoms with Crippen LogP contribution in [0.15, 0.2) is 24.3 Å². The molecule has 8 heteroatoms. The van der Waals surface area contributed by atoms with Gasteiger partial charge in [0.1, 0.15) is 0 Å². The molecule has 0 aromatic heterocycles. The number of thioether (sulfide) groups is 1. The summed E-state index contributed by atoms with van der Waals surface area (Å²) in [5.41, 5.74) is 2.06. The highest BCUT2D eigenvalue weighted by atomic mass is 32.2. The maximum Gasteiger partial charge on any atom is 0.409 e. The van der Waals surface area contributed by atoms with E-state index in [-0.39, 0.29) is 23.2 Å². The van der Waals surface area contributed by atoms with Crippen molar-refractivity contribution < 1.29 is 19.1 Å². The summed E-state index contributed by atoms with van der Waals surface area (Å²) in [7, 11) is 0. The van der Waals surface area contributed by atoms with Gasteiger partial charge in [-0.3, -0.25) is 9.59 Å². The molecular weight excluding hydrogens is 378 g/mol. The van der Waals surface area contributed by atoms with Crippen molar-refractivity contribution in [2.24, 2.45) is 0 Å². The summed E-state index contributed by atoms with van der Waals surface area (Å²) in [6.45, 7) is 4.20. The van der Waals surface area contributed by atoms with Gasteiger partial charge in [-0.25, -0.2) is 4.79 Å². The van der Waals surface area contributed by atoms with Crippen molar-refractivity contribution in [3.05, 3.63) is 29.8 Å². The van der Waals surface area contributed by atoms with Gasteiger partial charge in [0.05, 0.1) is 11.9 Å². The monoisotopic (exact) mass is 405 g/mol. The van der Waals surface area contributed by atoms with Crippen molar-refractivity contribution in [3.63, 3.8) is 0 Å². The number of carbonyl (C=O) groups is 3. The summed E-state index contributed by atoms with van der Waals surface area (Å²) in [5.74, 6) is 0.713. The van der Waals surface area contributed by atoms with Gasteiger partial charge >= 0.3 is 6.09 Å². The summed E-state index contributed by atoms with van der Waals surface area (Å²) < 4.78 is 5.00. The highest BCUT2D eigenvalue weighted by Gasteiger charge is 2.26. The van der Waals surface area contributed by atoms with E-state index in [2.05, 4.69) is 5.32 Å². The number of benzene rings is 1. The first-order valence-electron chi connectivity index (χ1n) is 9.78. The van der Waals surface area contributed by atoms with Gasteiger partial charge in [0.15, 0.2) is 0 Å². The zero-order valence-electron chi connectivity index (χ0n) is 16.2. The van der Waals surface area contributed by atoms with Crippen LogP contribution in [0.4, 0.5) is 10.5 Å². The molecule has 1 N–H and O–H groups in total. The van der Waals surface area contributed by atoms with Crippen molar-refractivity contribution >= 4 is 35.4 Å². The number of hydrogen-bond acceptors (Lipinski definition) is 5. The van der Waals surface area contributed by atoms with E-state index in [9.17, 15) is 14.4 Å². The molecule has 0 saturated carbocycles. The average molecular weight is 406 g/mol. The fourth-order valence-corrected chi connectivity index (χ4v) is 4.52. The van der Waals surface area contributed by atoms with E-state index < -0.39 is 0 Å². The van der Waals surface area contributed by atoms with Gasteiger partial charge in [0.25, 0.3) is 0 Å². The maximum absolute atomic E-state index is 12.4. The Balaban J connectivity index is 1.40. The standard InChI is InChI=1S/C20H27N3O4S/c1-2-27-20(26)23-12-10-22(11-13-23)18(24)9-14-28-17-8-7-15-5-3-4-6-16(15)21-19(17)25/h3-6,17H,2,7-14H2,1H3,(H,21,25)/t17-/m1/s1. The summed E-state index contributed by atoms with van der Waals surface area (Å²) in [6, 6.07) is 7.88. The summed E-state index contributed by atoms with van der Waals surface area (Å²) in [4.78, 5) is 40.0. The van der Waals surface area contributed by atoms with Gasteiger partial charge in [0, 0.05) is 44.0 Å². The van der Waals surface area contributed by atoms with E-state index >= 15 is 0 Å². The van der Waals surface area contributed by atoms with E-state index in [0.29, 0.717) is 45.0 Å². The Hall–Kier alpha value is -2.22. The topological polar surface area (TPSA) is 79.0 Å². The van der Waals surface area contributed by atoms with Crippen molar-refractivity contribution in [3.8, 4) is 0 Å². The lowest BCUT2D eigenvalue weighted by Crippen LogP contribution is -2.50. The van der Waals surface area contributed by atoms with Crippen LogP contribution in [0.25, 0.3) is 0 Å². The number of hydrogen-bond donors (Lipinski definition) is 1. The average Bonchev–Trinajstić information content (AvgIpc) is 2.87. The molecule has 3 amide bonds. The van der Waals surface area contributed by atoms with Crippen LogP contribution in [-0.4, -0.2) is 71.5 Å². The van der Waals surface area contributed by atoms with Gasteiger partial charge in [-0.2, -0.15) is 0 Å². The Bertz CT molecular complexity index is 719. The second-order valence-corrected chi connectivity index (χ2v) is 8.17. The maximum atomic E-state index is 12.4. The molecule has 1 saturated heterocycles. The fourth-order valence-electron chi connectivity index (χ4n) is 3.45. The van der Waals surface area contributed by atoms with E-state index in [1.165, 1.54) is 0 Å². The van der Waals surface area contributed by atoms with Crippen LogP contribution < -0.4 is 5.32 Å². The molecule has 1 aromatic carbocycles. The molecule has 1 aromatic rings. The number of anilines is 1. The Labute approximate surface area is 169 Å². The number of nitrogens with zero attached hydrogens (tertiary/aromatic N) is 2. The van der Waals surface area contributed by atoms with Gasteiger partial charge < -0.3 is 19.9 Å². The minimum Gasteiger partial charge on any atom is -0.450 e. The SMILES string of the molecule is CCOC(=O)N1CCN(C(=O)CCS[C@@H]2CCc3ccccc3NC2=O)CC1. The van der Waals surface area contributed by atoms with Crippen LogP contribution in [0.2, 0.25) is 0 Å². The summed E-state index contributed by atoms with van der Waals surface area (Å²) >= 11 is 1.55. The van der Waals surface area contributed by atoms with Crippen LogP contribution >= 0.6 is 11.8 Å². The predicted octanol–water partition coefficient (Wildman–Crippen LogP) is 2.36. The lowest BCUT2D eigenvalue weighted by Gasteiger charge is -2.34. The largest absolute Gasteiger partial charge is 0.450 e. The third kappa shape index (κ3) is 5.19. The molecular formula is C20H27N3O4S. The fraction of sp³-hybridized carbons (Fsp3) is 0.550. The van der Waals surface area contributed by atoms with E-state index in [4.69, 9.17) is 4.74 Å². The lowest BCUT2D eigenvalue weighted by atomic mass is 10.1. The second-order valence-electron chi connectivity index (χ2n) is 6.86. The number of fused-ring (bicyclic) bond motifs is 1. The number of aryl methyl sites for hydroxylation is 1. The third-order valence-electron chi connectivity index (χ3n) is 5.04. The van der Waals surface area contributed by atoms with E-state index in [0.717, 1.165) is 24.1 Å². The molecule has 28 heavy (non-hydrogen) atoms. The number of piperazine rings is 1. The molecule has 2 aliphatic rings. The molecule has 0 aliphatic carbocycles. The molecule has 0 radical (unpaired) electrons. The first kappa shape index (κ1) is 20.5. The Morgan fingerprint density at radius 2 is 1.89 bits per heavy atom.